The minimum absolute atomic E-state index is 0.0604. The SMILES string of the molecule is CCC(=O)Nc1cccc(C(=O)NCC(C)C)c1. The Morgan fingerprint density at radius 2 is 2.00 bits per heavy atom. The fraction of sp³-hybridized carbons (Fsp3) is 0.429. The van der Waals surface area contributed by atoms with Crippen LogP contribution in [0, 0.1) is 5.92 Å². The molecule has 1 rings (SSSR count). The Morgan fingerprint density at radius 3 is 2.61 bits per heavy atom. The second-order valence-electron chi connectivity index (χ2n) is 4.59. The van der Waals surface area contributed by atoms with Gasteiger partial charge in [-0.15, -0.1) is 0 Å². The van der Waals surface area contributed by atoms with Crippen molar-refractivity contribution in [2.75, 3.05) is 11.9 Å². The lowest BCUT2D eigenvalue weighted by Crippen LogP contribution is -2.27. The van der Waals surface area contributed by atoms with Gasteiger partial charge in [0.1, 0.15) is 0 Å². The van der Waals surface area contributed by atoms with Crippen molar-refractivity contribution in [1.29, 1.82) is 0 Å². The summed E-state index contributed by atoms with van der Waals surface area (Å²) in [4.78, 5) is 23.1. The molecule has 2 N–H and O–H groups in total. The van der Waals surface area contributed by atoms with E-state index in [9.17, 15) is 9.59 Å². The topological polar surface area (TPSA) is 58.2 Å². The Balaban J connectivity index is 2.69. The zero-order chi connectivity index (χ0) is 13.5. The third-order valence-corrected chi connectivity index (χ3v) is 2.40. The molecule has 0 saturated heterocycles. The molecule has 0 fully saturated rings. The van der Waals surface area contributed by atoms with Crippen molar-refractivity contribution in [3.05, 3.63) is 29.8 Å². The molecule has 0 aliphatic carbocycles. The summed E-state index contributed by atoms with van der Waals surface area (Å²) in [5.74, 6) is 0.239. The van der Waals surface area contributed by atoms with Gasteiger partial charge in [-0.3, -0.25) is 9.59 Å². The molecule has 4 nitrogen and oxygen atoms in total. The Bertz CT molecular complexity index is 428. The highest BCUT2D eigenvalue weighted by Gasteiger charge is 2.07. The summed E-state index contributed by atoms with van der Waals surface area (Å²) < 4.78 is 0. The van der Waals surface area contributed by atoms with Crippen LogP contribution in [0.2, 0.25) is 0 Å². The first-order chi connectivity index (χ1) is 8.52. The number of benzene rings is 1. The first-order valence-corrected chi connectivity index (χ1v) is 6.21. The normalized spacial score (nSPS) is 10.2. The number of anilines is 1. The molecule has 0 aromatic heterocycles. The van der Waals surface area contributed by atoms with Crippen LogP contribution >= 0.6 is 0 Å². The molecular formula is C14H20N2O2. The summed E-state index contributed by atoms with van der Waals surface area (Å²) in [6.07, 6.45) is 0.420. The highest BCUT2D eigenvalue weighted by atomic mass is 16.2. The van der Waals surface area contributed by atoms with E-state index in [1.165, 1.54) is 0 Å². The number of hydrogen-bond donors (Lipinski definition) is 2. The minimum Gasteiger partial charge on any atom is -0.352 e. The molecule has 0 radical (unpaired) electrons. The van der Waals surface area contributed by atoms with Gasteiger partial charge < -0.3 is 10.6 Å². The van der Waals surface area contributed by atoms with Crippen molar-refractivity contribution in [3.63, 3.8) is 0 Å². The lowest BCUT2D eigenvalue weighted by molar-refractivity contribution is -0.115. The van der Waals surface area contributed by atoms with E-state index >= 15 is 0 Å². The first kappa shape index (κ1) is 14.2. The number of amides is 2. The second-order valence-corrected chi connectivity index (χ2v) is 4.59. The molecule has 0 saturated carbocycles. The average molecular weight is 248 g/mol. The van der Waals surface area contributed by atoms with Crippen molar-refractivity contribution in [3.8, 4) is 0 Å². The number of nitrogens with one attached hydrogen (secondary N) is 2. The molecule has 1 aromatic carbocycles. The summed E-state index contributed by atoms with van der Waals surface area (Å²) in [6, 6.07) is 6.95. The van der Waals surface area contributed by atoms with Gasteiger partial charge in [-0.25, -0.2) is 0 Å². The third kappa shape index (κ3) is 4.57. The first-order valence-electron chi connectivity index (χ1n) is 6.21. The fourth-order valence-electron chi connectivity index (χ4n) is 1.39. The Kier molecular flexibility index (Phi) is 5.36. The molecular weight excluding hydrogens is 228 g/mol. The average Bonchev–Trinajstić information content (AvgIpc) is 2.36. The van der Waals surface area contributed by atoms with Crippen LogP contribution in [0.1, 0.15) is 37.6 Å². The van der Waals surface area contributed by atoms with Gasteiger partial charge in [0.05, 0.1) is 0 Å². The van der Waals surface area contributed by atoms with Crippen molar-refractivity contribution in [2.45, 2.75) is 27.2 Å². The lowest BCUT2D eigenvalue weighted by atomic mass is 10.1. The van der Waals surface area contributed by atoms with Crippen molar-refractivity contribution < 1.29 is 9.59 Å². The van der Waals surface area contributed by atoms with Crippen LogP contribution < -0.4 is 10.6 Å². The van der Waals surface area contributed by atoms with E-state index in [4.69, 9.17) is 0 Å². The van der Waals surface area contributed by atoms with Crippen molar-refractivity contribution in [2.24, 2.45) is 5.92 Å². The highest BCUT2D eigenvalue weighted by molar-refractivity contribution is 5.97. The number of carbonyl (C=O) groups is 2. The van der Waals surface area contributed by atoms with E-state index in [1.54, 1.807) is 31.2 Å². The largest absolute Gasteiger partial charge is 0.352 e. The highest BCUT2D eigenvalue weighted by Crippen LogP contribution is 2.11. The maximum atomic E-state index is 11.8. The number of carbonyl (C=O) groups excluding carboxylic acids is 2. The van der Waals surface area contributed by atoms with E-state index in [-0.39, 0.29) is 11.8 Å². The molecule has 4 heteroatoms. The molecule has 0 atom stereocenters. The molecule has 0 aliphatic heterocycles. The van der Waals surface area contributed by atoms with E-state index in [0.29, 0.717) is 30.1 Å². The predicted octanol–water partition coefficient (Wildman–Crippen LogP) is 2.42. The molecule has 0 heterocycles. The number of hydrogen-bond acceptors (Lipinski definition) is 2. The smallest absolute Gasteiger partial charge is 0.251 e. The molecule has 0 spiro atoms. The zero-order valence-electron chi connectivity index (χ0n) is 11.1. The second kappa shape index (κ2) is 6.79. The molecule has 1 aromatic rings. The fourth-order valence-corrected chi connectivity index (χ4v) is 1.39. The summed E-state index contributed by atoms with van der Waals surface area (Å²) in [5, 5.41) is 5.57. The van der Waals surface area contributed by atoms with Crippen LogP contribution in [0.5, 0.6) is 0 Å². The van der Waals surface area contributed by atoms with E-state index in [1.807, 2.05) is 13.8 Å². The zero-order valence-corrected chi connectivity index (χ0v) is 11.1. The standard InChI is InChI=1S/C14H20N2O2/c1-4-13(17)16-12-7-5-6-11(8-12)14(18)15-9-10(2)3/h5-8,10H,4,9H2,1-3H3,(H,15,18)(H,16,17). The summed E-state index contributed by atoms with van der Waals surface area (Å²) in [7, 11) is 0. The van der Waals surface area contributed by atoms with Crippen LogP contribution in [-0.4, -0.2) is 18.4 Å². The molecule has 2 amide bonds. The third-order valence-electron chi connectivity index (χ3n) is 2.40. The quantitative estimate of drug-likeness (QED) is 0.840. The van der Waals surface area contributed by atoms with Gasteiger partial charge in [-0.05, 0) is 24.1 Å². The Morgan fingerprint density at radius 1 is 1.28 bits per heavy atom. The maximum Gasteiger partial charge on any atom is 0.251 e. The van der Waals surface area contributed by atoms with Crippen LogP contribution in [0.3, 0.4) is 0 Å². The van der Waals surface area contributed by atoms with Gasteiger partial charge in [-0.1, -0.05) is 26.8 Å². The van der Waals surface area contributed by atoms with Crippen LogP contribution in [0.15, 0.2) is 24.3 Å². The summed E-state index contributed by atoms with van der Waals surface area (Å²) in [5.41, 5.74) is 1.21. The Hall–Kier alpha value is -1.84. The van der Waals surface area contributed by atoms with Gasteiger partial charge in [0.15, 0.2) is 0 Å². The van der Waals surface area contributed by atoms with Gasteiger partial charge in [-0.2, -0.15) is 0 Å². The van der Waals surface area contributed by atoms with E-state index < -0.39 is 0 Å². The summed E-state index contributed by atoms with van der Waals surface area (Å²) in [6.45, 7) is 6.51. The van der Waals surface area contributed by atoms with Crippen LogP contribution in [-0.2, 0) is 4.79 Å². The van der Waals surface area contributed by atoms with Crippen LogP contribution in [0.4, 0.5) is 5.69 Å². The van der Waals surface area contributed by atoms with E-state index in [0.717, 1.165) is 0 Å². The van der Waals surface area contributed by atoms with Crippen molar-refractivity contribution in [1.82, 2.24) is 5.32 Å². The lowest BCUT2D eigenvalue weighted by Gasteiger charge is -2.09. The minimum atomic E-state index is -0.115. The van der Waals surface area contributed by atoms with Gasteiger partial charge in [0.2, 0.25) is 5.91 Å². The van der Waals surface area contributed by atoms with Crippen LogP contribution in [0.25, 0.3) is 0 Å². The monoisotopic (exact) mass is 248 g/mol. The van der Waals surface area contributed by atoms with E-state index in [2.05, 4.69) is 10.6 Å². The molecule has 98 valence electrons. The summed E-state index contributed by atoms with van der Waals surface area (Å²) >= 11 is 0. The van der Waals surface area contributed by atoms with Gasteiger partial charge >= 0.3 is 0 Å². The Labute approximate surface area is 108 Å². The maximum absolute atomic E-state index is 11.8. The van der Waals surface area contributed by atoms with Gasteiger partial charge in [0, 0.05) is 24.2 Å². The molecule has 18 heavy (non-hydrogen) atoms. The molecule has 0 bridgehead atoms. The van der Waals surface area contributed by atoms with Crippen molar-refractivity contribution >= 4 is 17.5 Å². The molecule has 0 unspecified atom stereocenters. The molecule has 0 aliphatic rings. The predicted molar refractivity (Wildman–Crippen MR) is 72.5 cm³/mol. The number of rotatable bonds is 5. The van der Waals surface area contributed by atoms with Gasteiger partial charge in [0.25, 0.3) is 5.91 Å².